The summed E-state index contributed by atoms with van der Waals surface area (Å²) in [6, 6.07) is 0. The van der Waals surface area contributed by atoms with E-state index in [1.807, 2.05) is 0 Å². The molecule has 0 aliphatic heterocycles. The number of hydrogen-bond donors (Lipinski definition) is 0. The van der Waals surface area contributed by atoms with Crippen LogP contribution < -0.4 is 0 Å². The van der Waals surface area contributed by atoms with Crippen LogP contribution in [0.4, 0.5) is 0 Å². The lowest BCUT2D eigenvalue weighted by Gasteiger charge is -2.16. The van der Waals surface area contributed by atoms with Gasteiger partial charge in [0.05, 0.1) is 33.0 Å². The van der Waals surface area contributed by atoms with Gasteiger partial charge in [-0.25, -0.2) is 0 Å². The molecule has 33 heavy (non-hydrogen) atoms. The molecule has 0 aromatic rings. The molecule has 0 spiro atoms. The van der Waals surface area contributed by atoms with Crippen molar-refractivity contribution in [2.75, 3.05) is 39.6 Å². The van der Waals surface area contributed by atoms with Gasteiger partial charge in [0.15, 0.2) is 8.32 Å². The van der Waals surface area contributed by atoms with Crippen LogP contribution in [0.25, 0.3) is 0 Å². The molecule has 0 atom stereocenters. The Kier molecular flexibility index (Phi) is 24.4. The fraction of sp³-hybridized carbons (Fsp3) is 0.963. The Hall–Kier alpha value is -0.433. The summed E-state index contributed by atoms with van der Waals surface area (Å²) in [7, 11) is -1.44. The molecule has 0 amide bonds. The van der Waals surface area contributed by atoms with Crippen molar-refractivity contribution in [1.29, 1.82) is 0 Å². The molecule has 0 aromatic heterocycles. The molecule has 0 rings (SSSR count). The van der Waals surface area contributed by atoms with Crippen LogP contribution >= 0.6 is 0 Å². The molecule has 0 aliphatic carbocycles. The largest absolute Gasteiger partial charge is 0.463 e. The van der Waals surface area contributed by atoms with Crippen molar-refractivity contribution < 1.29 is 23.4 Å². The maximum atomic E-state index is 11.8. The van der Waals surface area contributed by atoms with Crippen LogP contribution in [0, 0.1) is 0 Å². The molecule has 0 aliphatic rings. The second kappa shape index (κ2) is 24.7. The van der Waals surface area contributed by atoms with Crippen molar-refractivity contribution in [3.05, 3.63) is 0 Å². The summed E-state index contributed by atoms with van der Waals surface area (Å²) >= 11 is 0. The Bertz CT molecular complexity index is 412. The van der Waals surface area contributed by atoms with Gasteiger partial charge < -0.3 is 18.6 Å². The monoisotopic (exact) mass is 488 g/mol. The number of esters is 1. The highest BCUT2D eigenvalue weighted by molar-refractivity contribution is 6.69. The zero-order chi connectivity index (χ0) is 24.5. The summed E-state index contributed by atoms with van der Waals surface area (Å²) in [5.41, 5.74) is 0. The van der Waals surface area contributed by atoms with Crippen LogP contribution in [0.1, 0.15) is 110 Å². The van der Waals surface area contributed by atoms with Gasteiger partial charge in [0, 0.05) is 6.42 Å². The number of carbonyl (C=O) groups is 1. The van der Waals surface area contributed by atoms with E-state index in [2.05, 4.69) is 26.6 Å². The molecule has 5 nitrogen and oxygen atoms in total. The van der Waals surface area contributed by atoms with Crippen LogP contribution in [-0.2, 0) is 23.4 Å². The third-order valence-corrected chi connectivity index (χ3v) is 6.68. The molecule has 0 aromatic carbocycles. The van der Waals surface area contributed by atoms with Gasteiger partial charge in [0.1, 0.15) is 6.61 Å². The fourth-order valence-corrected chi connectivity index (χ4v) is 4.35. The average molecular weight is 489 g/mol. The Balaban J connectivity index is 3.18. The van der Waals surface area contributed by atoms with Gasteiger partial charge in [-0.2, -0.15) is 0 Å². The predicted octanol–water partition coefficient (Wildman–Crippen LogP) is 7.68. The molecule has 0 radical (unpaired) electrons. The van der Waals surface area contributed by atoms with Crippen molar-refractivity contribution in [2.24, 2.45) is 0 Å². The number of unbranched alkanes of at least 4 members (excludes halogenated alkanes) is 14. The second-order valence-electron chi connectivity index (χ2n) is 10.1. The summed E-state index contributed by atoms with van der Waals surface area (Å²) in [5.74, 6) is -0.104. The fourth-order valence-electron chi connectivity index (χ4n) is 3.66. The lowest BCUT2D eigenvalue weighted by Crippen LogP contribution is -2.27. The van der Waals surface area contributed by atoms with Crippen LogP contribution in [0.2, 0.25) is 19.6 Å². The lowest BCUT2D eigenvalue weighted by atomic mass is 10.0. The Labute approximate surface area is 206 Å². The van der Waals surface area contributed by atoms with Crippen molar-refractivity contribution in [1.82, 2.24) is 0 Å². The zero-order valence-electron chi connectivity index (χ0n) is 22.6. The maximum absolute atomic E-state index is 11.8. The van der Waals surface area contributed by atoms with Crippen molar-refractivity contribution in [3.8, 4) is 0 Å². The molecule has 6 heteroatoms. The Morgan fingerprint density at radius 1 is 0.545 bits per heavy atom. The molecule has 0 fully saturated rings. The van der Waals surface area contributed by atoms with E-state index in [1.165, 1.54) is 83.5 Å². The van der Waals surface area contributed by atoms with Gasteiger partial charge in [0.25, 0.3) is 0 Å². The van der Waals surface area contributed by atoms with Gasteiger partial charge in [-0.05, 0) is 26.1 Å². The first-order chi connectivity index (χ1) is 16.0. The van der Waals surface area contributed by atoms with Crippen LogP contribution in [0.3, 0.4) is 0 Å². The van der Waals surface area contributed by atoms with E-state index in [-0.39, 0.29) is 5.97 Å². The molecular weight excluding hydrogens is 432 g/mol. The van der Waals surface area contributed by atoms with E-state index in [0.717, 1.165) is 12.8 Å². The minimum atomic E-state index is -1.44. The van der Waals surface area contributed by atoms with Gasteiger partial charge in [-0.1, -0.05) is 96.8 Å². The minimum absolute atomic E-state index is 0.104. The number of hydrogen-bond acceptors (Lipinski definition) is 5. The molecule has 0 saturated carbocycles. The van der Waals surface area contributed by atoms with Gasteiger partial charge in [-0.15, -0.1) is 0 Å². The lowest BCUT2D eigenvalue weighted by molar-refractivity contribution is -0.145. The van der Waals surface area contributed by atoms with Gasteiger partial charge in [-0.3, -0.25) is 4.79 Å². The van der Waals surface area contributed by atoms with Crippen LogP contribution in [-0.4, -0.2) is 53.9 Å². The zero-order valence-corrected chi connectivity index (χ0v) is 23.6. The number of ether oxygens (including phenoxy) is 3. The first-order valence-electron chi connectivity index (χ1n) is 13.9. The van der Waals surface area contributed by atoms with E-state index in [1.54, 1.807) is 0 Å². The molecular formula is C27H56O5Si. The average Bonchev–Trinajstić information content (AvgIpc) is 2.77. The van der Waals surface area contributed by atoms with Crippen LogP contribution in [0.15, 0.2) is 0 Å². The summed E-state index contributed by atoms with van der Waals surface area (Å²) in [5, 5.41) is 0. The van der Waals surface area contributed by atoms with E-state index in [9.17, 15) is 4.79 Å². The van der Waals surface area contributed by atoms with E-state index in [0.29, 0.717) is 46.1 Å². The van der Waals surface area contributed by atoms with Crippen LogP contribution in [0.5, 0.6) is 0 Å². The molecule has 0 unspecified atom stereocenters. The number of rotatable bonds is 26. The predicted molar refractivity (Wildman–Crippen MR) is 141 cm³/mol. The first kappa shape index (κ1) is 32.6. The third kappa shape index (κ3) is 29.5. The third-order valence-electron chi connectivity index (χ3n) is 5.61. The standard InChI is InChI=1S/C27H56O5Si/c1-5-6-7-8-9-10-11-12-13-14-15-16-17-18-19-20-27(28)31-25-23-29-21-22-30-24-26-32-33(2,3)4/h5-26H2,1-4H3. The summed E-state index contributed by atoms with van der Waals surface area (Å²) < 4.78 is 21.8. The molecule has 198 valence electrons. The first-order valence-corrected chi connectivity index (χ1v) is 17.3. The summed E-state index contributed by atoms with van der Waals surface area (Å²) in [4.78, 5) is 11.8. The molecule has 0 heterocycles. The SMILES string of the molecule is CCCCCCCCCCCCCCCCCC(=O)OCCOCCOCCO[Si](C)(C)C. The highest BCUT2D eigenvalue weighted by Crippen LogP contribution is 2.13. The van der Waals surface area contributed by atoms with E-state index >= 15 is 0 Å². The number of carbonyl (C=O) groups excluding carboxylic acids is 1. The quantitative estimate of drug-likeness (QED) is 0.0710. The minimum Gasteiger partial charge on any atom is -0.463 e. The molecule has 0 saturated heterocycles. The maximum Gasteiger partial charge on any atom is 0.305 e. The highest BCUT2D eigenvalue weighted by atomic mass is 28.4. The van der Waals surface area contributed by atoms with Gasteiger partial charge >= 0.3 is 5.97 Å². The molecule has 0 bridgehead atoms. The topological polar surface area (TPSA) is 54.0 Å². The van der Waals surface area contributed by atoms with Crippen molar-refractivity contribution in [2.45, 2.75) is 129 Å². The highest BCUT2D eigenvalue weighted by Gasteiger charge is 2.13. The Morgan fingerprint density at radius 2 is 0.939 bits per heavy atom. The normalized spacial score (nSPS) is 11.8. The van der Waals surface area contributed by atoms with Gasteiger partial charge in [0.2, 0.25) is 0 Å². The van der Waals surface area contributed by atoms with E-state index < -0.39 is 8.32 Å². The Morgan fingerprint density at radius 3 is 1.39 bits per heavy atom. The van der Waals surface area contributed by atoms with E-state index in [4.69, 9.17) is 18.6 Å². The second-order valence-corrected chi connectivity index (χ2v) is 14.6. The summed E-state index contributed by atoms with van der Waals surface area (Å²) in [6.07, 6.45) is 20.5. The van der Waals surface area contributed by atoms with Crippen molar-refractivity contribution >= 4 is 14.3 Å². The summed E-state index contributed by atoms with van der Waals surface area (Å²) in [6.45, 7) is 11.8. The molecule has 0 N–H and O–H groups in total. The smallest absolute Gasteiger partial charge is 0.305 e. The van der Waals surface area contributed by atoms with Crippen molar-refractivity contribution in [3.63, 3.8) is 0 Å².